The molecule has 7 heteroatoms. The molecule has 1 aliphatic heterocycles. The lowest BCUT2D eigenvalue weighted by atomic mass is 10.1. The molecule has 94 valence electrons. The summed E-state index contributed by atoms with van der Waals surface area (Å²) in [5.74, 6) is 0.490. The van der Waals surface area contributed by atoms with Gasteiger partial charge in [0.05, 0.1) is 19.8 Å². The zero-order valence-corrected chi connectivity index (χ0v) is 9.76. The SMILES string of the molecule is CCOc1nc(N)nc(OCC2CCOC2)n1. The molecule has 0 amide bonds. The molecule has 1 aliphatic rings. The van der Waals surface area contributed by atoms with Gasteiger partial charge in [-0.3, -0.25) is 0 Å². The molecule has 0 aromatic carbocycles. The number of nitrogens with zero attached hydrogens (tertiary/aromatic N) is 3. The first kappa shape index (κ1) is 11.8. The van der Waals surface area contributed by atoms with Crippen molar-refractivity contribution in [3.8, 4) is 12.0 Å². The zero-order chi connectivity index (χ0) is 12.1. The Morgan fingerprint density at radius 3 is 2.71 bits per heavy atom. The Morgan fingerprint density at radius 1 is 1.29 bits per heavy atom. The van der Waals surface area contributed by atoms with Crippen molar-refractivity contribution in [2.24, 2.45) is 5.92 Å². The van der Waals surface area contributed by atoms with Crippen LogP contribution in [0.5, 0.6) is 12.0 Å². The minimum absolute atomic E-state index is 0.0983. The maximum Gasteiger partial charge on any atom is 0.324 e. The summed E-state index contributed by atoms with van der Waals surface area (Å²) in [7, 11) is 0. The Kier molecular flexibility index (Phi) is 3.92. The van der Waals surface area contributed by atoms with Crippen LogP contribution in [-0.4, -0.2) is 41.4 Å². The van der Waals surface area contributed by atoms with Crippen molar-refractivity contribution in [1.82, 2.24) is 15.0 Å². The molecule has 2 N–H and O–H groups in total. The summed E-state index contributed by atoms with van der Waals surface area (Å²) < 4.78 is 15.9. The van der Waals surface area contributed by atoms with Crippen LogP contribution in [0.25, 0.3) is 0 Å². The van der Waals surface area contributed by atoms with Gasteiger partial charge in [0.1, 0.15) is 0 Å². The highest BCUT2D eigenvalue weighted by atomic mass is 16.5. The van der Waals surface area contributed by atoms with Gasteiger partial charge in [-0.2, -0.15) is 9.97 Å². The molecule has 17 heavy (non-hydrogen) atoms. The van der Waals surface area contributed by atoms with Crippen molar-refractivity contribution in [3.05, 3.63) is 0 Å². The predicted molar refractivity (Wildman–Crippen MR) is 59.8 cm³/mol. The average Bonchev–Trinajstić information content (AvgIpc) is 2.79. The fourth-order valence-corrected chi connectivity index (χ4v) is 1.52. The standard InChI is InChI=1S/C10H16N4O3/c1-2-16-9-12-8(11)13-10(14-9)17-6-7-3-4-15-5-7/h7H,2-6H2,1H3,(H2,11,12,13,14). The third-order valence-corrected chi connectivity index (χ3v) is 2.36. The van der Waals surface area contributed by atoms with Crippen LogP contribution in [0.4, 0.5) is 5.95 Å². The van der Waals surface area contributed by atoms with Crippen molar-refractivity contribution in [2.75, 3.05) is 32.2 Å². The van der Waals surface area contributed by atoms with Crippen molar-refractivity contribution in [3.63, 3.8) is 0 Å². The van der Waals surface area contributed by atoms with Gasteiger partial charge in [-0.25, -0.2) is 0 Å². The van der Waals surface area contributed by atoms with Gasteiger partial charge in [0.25, 0.3) is 0 Å². The van der Waals surface area contributed by atoms with E-state index in [1.807, 2.05) is 6.92 Å². The molecule has 0 aliphatic carbocycles. The molecule has 7 nitrogen and oxygen atoms in total. The van der Waals surface area contributed by atoms with Gasteiger partial charge < -0.3 is 19.9 Å². The molecule has 2 rings (SSSR count). The summed E-state index contributed by atoms with van der Waals surface area (Å²) in [6.45, 7) is 4.35. The summed E-state index contributed by atoms with van der Waals surface area (Å²) in [5.41, 5.74) is 5.53. The molecular formula is C10H16N4O3. The van der Waals surface area contributed by atoms with Crippen molar-refractivity contribution >= 4 is 5.95 Å². The van der Waals surface area contributed by atoms with Gasteiger partial charge in [0, 0.05) is 12.5 Å². The number of aromatic nitrogens is 3. The highest BCUT2D eigenvalue weighted by molar-refractivity contribution is 5.20. The molecule has 1 aromatic rings. The van der Waals surface area contributed by atoms with E-state index in [4.69, 9.17) is 19.9 Å². The summed E-state index contributed by atoms with van der Waals surface area (Å²) in [4.78, 5) is 11.7. The van der Waals surface area contributed by atoms with E-state index >= 15 is 0 Å². The lowest BCUT2D eigenvalue weighted by Gasteiger charge is -2.09. The number of hydrogen-bond donors (Lipinski definition) is 1. The van der Waals surface area contributed by atoms with Crippen LogP contribution in [0.3, 0.4) is 0 Å². The first-order valence-electron chi connectivity index (χ1n) is 5.63. The predicted octanol–water partition coefficient (Wildman–Crippen LogP) is 0.268. The summed E-state index contributed by atoms with van der Waals surface area (Å²) in [6, 6.07) is 0.394. The van der Waals surface area contributed by atoms with E-state index in [2.05, 4.69) is 15.0 Å². The maximum absolute atomic E-state index is 5.53. The van der Waals surface area contributed by atoms with Gasteiger partial charge in [-0.15, -0.1) is 4.98 Å². The first-order valence-corrected chi connectivity index (χ1v) is 5.63. The minimum atomic E-state index is 0.0983. The van der Waals surface area contributed by atoms with E-state index in [0.717, 1.165) is 19.6 Å². The summed E-state index contributed by atoms with van der Waals surface area (Å²) in [5, 5.41) is 0. The van der Waals surface area contributed by atoms with Crippen LogP contribution in [0.15, 0.2) is 0 Å². The third kappa shape index (κ3) is 3.42. The molecule has 1 unspecified atom stereocenters. The Hall–Kier alpha value is -1.63. The van der Waals surface area contributed by atoms with E-state index < -0.39 is 0 Å². The van der Waals surface area contributed by atoms with Crippen LogP contribution in [0.1, 0.15) is 13.3 Å². The molecule has 1 atom stereocenters. The third-order valence-electron chi connectivity index (χ3n) is 2.36. The number of nitrogens with two attached hydrogens (primary N) is 1. The number of anilines is 1. The smallest absolute Gasteiger partial charge is 0.324 e. The second-order valence-electron chi connectivity index (χ2n) is 3.73. The molecular weight excluding hydrogens is 224 g/mol. The van der Waals surface area contributed by atoms with E-state index in [-0.39, 0.29) is 18.0 Å². The van der Waals surface area contributed by atoms with Crippen molar-refractivity contribution < 1.29 is 14.2 Å². The highest BCUT2D eigenvalue weighted by Gasteiger charge is 2.17. The second kappa shape index (κ2) is 5.62. The average molecular weight is 240 g/mol. The van der Waals surface area contributed by atoms with Crippen LogP contribution >= 0.6 is 0 Å². The number of ether oxygens (including phenoxy) is 3. The Labute approximate surface area is 99.3 Å². The second-order valence-corrected chi connectivity index (χ2v) is 3.73. The minimum Gasteiger partial charge on any atom is -0.464 e. The number of rotatable bonds is 5. The zero-order valence-electron chi connectivity index (χ0n) is 9.76. The molecule has 2 heterocycles. The molecule has 0 bridgehead atoms. The normalized spacial score (nSPS) is 19.2. The van der Waals surface area contributed by atoms with Gasteiger partial charge in [0.15, 0.2) is 0 Å². The Morgan fingerprint density at radius 2 is 2.06 bits per heavy atom. The highest BCUT2D eigenvalue weighted by Crippen LogP contribution is 2.15. The number of hydrogen-bond acceptors (Lipinski definition) is 7. The fraction of sp³-hybridized carbons (Fsp3) is 0.700. The van der Waals surface area contributed by atoms with E-state index in [0.29, 0.717) is 19.1 Å². The number of nitrogen functional groups attached to an aromatic ring is 1. The van der Waals surface area contributed by atoms with Gasteiger partial charge >= 0.3 is 12.0 Å². The van der Waals surface area contributed by atoms with Gasteiger partial charge in [0.2, 0.25) is 5.95 Å². The van der Waals surface area contributed by atoms with Crippen molar-refractivity contribution in [1.29, 1.82) is 0 Å². The topological polar surface area (TPSA) is 92.4 Å². The van der Waals surface area contributed by atoms with Crippen molar-refractivity contribution in [2.45, 2.75) is 13.3 Å². The summed E-state index contributed by atoms with van der Waals surface area (Å²) in [6.07, 6.45) is 0.999. The molecule has 1 aromatic heterocycles. The van der Waals surface area contributed by atoms with E-state index in [9.17, 15) is 0 Å². The lowest BCUT2D eigenvalue weighted by Crippen LogP contribution is -2.14. The molecule has 0 saturated carbocycles. The first-order chi connectivity index (χ1) is 8.28. The molecule has 0 spiro atoms. The fourth-order valence-electron chi connectivity index (χ4n) is 1.52. The van der Waals surface area contributed by atoms with Gasteiger partial charge in [-0.1, -0.05) is 0 Å². The monoisotopic (exact) mass is 240 g/mol. The van der Waals surface area contributed by atoms with Crippen LogP contribution in [-0.2, 0) is 4.74 Å². The molecule has 1 fully saturated rings. The Bertz CT molecular complexity index is 369. The van der Waals surface area contributed by atoms with E-state index in [1.165, 1.54) is 0 Å². The summed E-state index contributed by atoms with van der Waals surface area (Å²) >= 11 is 0. The molecule has 1 saturated heterocycles. The maximum atomic E-state index is 5.53. The largest absolute Gasteiger partial charge is 0.464 e. The van der Waals surface area contributed by atoms with Gasteiger partial charge in [-0.05, 0) is 13.3 Å². The van der Waals surface area contributed by atoms with Crippen LogP contribution in [0.2, 0.25) is 0 Å². The Balaban J connectivity index is 1.94. The molecule has 0 radical (unpaired) electrons. The quantitative estimate of drug-likeness (QED) is 0.789. The van der Waals surface area contributed by atoms with E-state index in [1.54, 1.807) is 0 Å². The van der Waals surface area contributed by atoms with Crippen LogP contribution < -0.4 is 15.2 Å². The lowest BCUT2D eigenvalue weighted by molar-refractivity contribution is 0.162. The van der Waals surface area contributed by atoms with Crippen LogP contribution in [0, 0.1) is 5.92 Å².